The second kappa shape index (κ2) is 14.3. The summed E-state index contributed by atoms with van der Waals surface area (Å²) in [4.78, 5) is 31.8. The number of rotatable bonds is 12. The lowest BCUT2D eigenvalue weighted by Gasteiger charge is -2.31. The van der Waals surface area contributed by atoms with Gasteiger partial charge in [-0.05, 0) is 80.8 Å². The first kappa shape index (κ1) is 34.4. The number of carbonyl (C=O) groups is 2. The Bertz CT molecular complexity index is 1540. The summed E-state index contributed by atoms with van der Waals surface area (Å²) in [5.41, 5.74) is -2.78. The van der Waals surface area contributed by atoms with Crippen LogP contribution < -0.4 is 10.1 Å². The summed E-state index contributed by atoms with van der Waals surface area (Å²) in [6.07, 6.45) is -5.77. The molecule has 46 heavy (non-hydrogen) atoms. The highest BCUT2D eigenvalue weighted by molar-refractivity contribution is 6.01. The molecule has 0 aliphatic carbocycles. The minimum atomic E-state index is -4.79. The van der Waals surface area contributed by atoms with Crippen molar-refractivity contribution in [3.8, 4) is 5.75 Å². The zero-order chi connectivity index (χ0) is 33.5. The predicted octanol–water partition coefficient (Wildman–Crippen LogP) is 6.30. The number of nitrogens with zero attached hydrogens (tertiary/aromatic N) is 1. The van der Waals surface area contributed by atoms with E-state index in [2.05, 4.69) is 5.32 Å². The van der Waals surface area contributed by atoms with Gasteiger partial charge in [-0.1, -0.05) is 30.3 Å². The lowest BCUT2D eigenvalue weighted by atomic mass is 9.83. The summed E-state index contributed by atoms with van der Waals surface area (Å²) in [5, 5.41) is 11.6. The predicted molar refractivity (Wildman–Crippen MR) is 162 cm³/mol. The fraction of sp³-hybridized carbons (Fsp3) is 0.382. The van der Waals surface area contributed by atoms with E-state index in [0.29, 0.717) is 36.0 Å². The first-order valence-electron chi connectivity index (χ1n) is 14.7. The van der Waals surface area contributed by atoms with Crippen molar-refractivity contribution in [2.24, 2.45) is 4.99 Å². The number of amides is 1. The van der Waals surface area contributed by atoms with Gasteiger partial charge < -0.3 is 24.6 Å². The number of alkyl halides is 3. The van der Waals surface area contributed by atoms with Crippen molar-refractivity contribution in [1.29, 1.82) is 0 Å². The van der Waals surface area contributed by atoms with Crippen molar-refractivity contribution in [1.82, 2.24) is 5.32 Å². The van der Waals surface area contributed by atoms with Gasteiger partial charge in [0.2, 0.25) is 5.90 Å². The topological polar surface area (TPSA) is 106 Å². The van der Waals surface area contributed by atoms with Crippen LogP contribution in [0, 0.1) is 5.82 Å². The van der Waals surface area contributed by atoms with Crippen molar-refractivity contribution in [2.45, 2.75) is 70.0 Å². The molecule has 1 heterocycles. The van der Waals surface area contributed by atoms with Gasteiger partial charge in [-0.2, -0.15) is 13.2 Å². The van der Waals surface area contributed by atoms with E-state index < -0.39 is 53.2 Å². The summed E-state index contributed by atoms with van der Waals surface area (Å²) < 4.78 is 71.5. The van der Waals surface area contributed by atoms with Crippen LogP contribution in [0.15, 0.2) is 77.8 Å². The maximum atomic E-state index is 14.2. The van der Waals surface area contributed by atoms with Crippen LogP contribution in [-0.2, 0) is 31.8 Å². The molecule has 4 rings (SSSR count). The van der Waals surface area contributed by atoms with Gasteiger partial charge in [0.25, 0.3) is 5.91 Å². The number of esters is 1. The van der Waals surface area contributed by atoms with Gasteiger partial charge in [0.05, 0.1) is 12.2 Å². The van der Waals surface area contributed by atoms with Crippen LogP contribution in [0.5, 0.6) is 5.75 Å². The lowest BCUT2D eigenvalue weighted by molar-refractivity contribution is -0.155. The van der Waals surface area contributed by atoms with Gasteiger partial charge in [0.15, 0.2) is 11.6 Å². The molecule has 3 aromatic rings. The van der Waals surface area contributed by atoms with E-state index in [4.69, 9.17) is 24.3 Å². The Morgan fingerprint density at radius 3 is 2.35 bits per heavy atom. The third-order valence-electron chi connectivity index (χ3n) is 7.00. The first-order chi connectivity index (χ1) is 21.7. The molecule has 0 spiro atoms. The van der Waals surface area contributed by atoms with E-state index in [1.165, 1.54) is 0 Å². The van der Waals surface area contributed by atoms with Gasteiger partial charge in [-0.25, -0.2) is 9.38 Å². The summed E-state index contributed by atoms with van der Waals surface area (Å²) >= 11 is 0. The second-order valence-electron chi connectivity index (χ2n) is 11.8. The van der Waals surface area contributed by atoms with Crippen molar-refractivity contribution >= 4 is 17.8 Å². The standard InChI is InChI=1S/C34H36F4N2O6/c1-32(2,3)46-28(42)14-15-33(31(43)39-21-22-18-25(34(36,37)38)20-26(35)19-22)29(23-8-5-4-6-9-23)45-30(40-33)24-10-12-27(13-11-24)44-17-7-16-41/h4-6,8-13,18-20,29,41H,7,14-17,21H2,1-3H3,(H,39,43)/t29-,33-/m1/s1. The third-order valence-corrected chi connectivity index (χ3v) is 7.00. The molecule has 1 aliphatic heterocycles. The van der Waals surface area contributed by atoms with Gasteiger partial charge in [-0.15, -0.1) is 0 Å². The molecule has 2 atom stereocenters. The molecular weight excluding hydrogens is 608 g/mol. The average Bonchev–Trinajstić information content (AvgIpc) is 3.39. The summed E-state index contributed by atoms with van der Waals surface area (Å²) in [5.74, 6) is -1.78. The molecule has 0 radical (unpaired) electrons. The van der Waals surface area contributed by atoms with Gasteiger partial charge in [0, 0.05) is 31.6 Å². The van der Waals surface area contributed by atoms with E-state index in [0.717, 1.165) is 12.1 Å². The smallest absolute Gasteiger partial charge is 0.416 e. The van der Waals surface area contributed by atoms with Gasteiger partial charge in [0.1, 0.15) is 17.2 Å². The number of aliphatic hydroxyl groups is 1. The Balaban J connectivity index is 1.72. The first-order valence-corrected chi connectivity index (χ1v) is 14.7. The highest BCUT2D eigenvalue weighted by atomic mass is 19.4. The number of halogens is 4. The zero-order valence-electron chi connectivity index (χ0n) is 25.7. The molecule has 0 saturated heterocycles. The number of ether oxygens (including phenoxy) is 3. The number of aliphatic hydroxyl groups excluding tert-OH is 1. The molecule has 8 nitrogen and oxygen atoms in total. The largest absolute Gasteiger partial charge is 0.494 e. The van der Waals surface area contributed by atoms with Crippen molar-refractivity contribution in [3.05, 3.63) is 101 Å². The Labute approximate surface area is 264 Å². The monoisotopic (exact) mass is 644 g/mol. The quantitative estimate of drug-likeness (QED) is 0.136. The third kappa shape index (κ3) is 8.84. The lowest BCUT2D eigenvalue weighted by Crippen LogP contribution is -2.48. The highest BCUT2D eigenvalue weighted by Crippen LogP contribution is 2.43. The summed E-state index contributed by atoms with van der Waals surface area (Å²) in [6.45, 7) is 4.98. The summed E-state index contributed by atoms with van der Waals surface area (Å²) in [7, 11) is 0. The summed E-state index contributed by atoms with van der Waals surface area (Å²) in [6, 6.07) is 17.5. The number of nitrogens with one attached hydrogen (secondary N) is 1. The SMILES string of the molecule is CC(C)(C)OC(=O)CC[C@@]1(C(=O)NCc2cc(F)cc(C(F)(F)F)c2)N=C(c2ccc(OCCCO)cc2)O[C@@H]1c1ccccc1. The van der Waals surface area contributed by atoms with E-state index in [1.807, 2.05) is 0 Å². The minimum absolute atomic E-state index is 0.0141. The Kier molecular flexibility index (Phi) is 10.7. The second-order valence-corrected chi connectivity index (χ2v) is 11.8. The van der Waals surface area contributed by atoms with Crippen LogP contribution >= 0.6 is 0 Å². The molecule has 246 valence electrons. The molecule has 0 fully saturated rings. The van der Waals surface area contributed by atoms with Crippen molar-refractivity contribution < 1.29 is 46.5 Å². The van der Waals surface area contributed by atoms with E-state index in [9.17, 15) is 27.2 Å². The fourth-order valence-electron chi connectivity index (χ4n) is 4.93. The molecule has 0 saturated carbocycles. The normalized spacial score (nSPS) is 18.0. The Morgan fingerprint density at radius 2 is 1.72 bits per heavy atom. The molecule has 2 N–H and O–H groups in total. The number of hydrogen-bond acceptors (Lipinski definition) is 7. The average molecular weight is 645 g/mol. The van der Waals surface area contributed by atoms with Crippen LogP contribution in [0.4, 0.5) is 17.6 Å². The minimum Gasteiger partial charge on any atom is -0.494 e. The molecular formula is C34H36F4N2O6. The van der Waals surface area contributed by atoms with Crippen LogP contribution in [0.3, 0.4) is 0 Å². The van der Waals surface area contributed by atoms with E-state index in [1.54, 1.807) is 75.4 Å². The molecule has 1 amide bonds. The molecule has 3 aromatic carbocycles. The number of hydrogen-bond donors (Lipinski definition) is 2. The van der Waals surface area contributed by atoms with E-state index in [-0.39, 0.29) is 30.9 Å². The molecule has 12 heteroatoms. The maximum absolute atomic E-state index is 14.2. The number of aliphatic imine (C=N–C) groups is 1. The maximum Gasteiger partial charge on any atom is 0.416 e. The highest BCUT2D eigenvalue weighted by Gasteiger charge is 2.53. The van der Waals surface area contributed by atoms with Crippen LogP contribution in [0.1, 0.15) is 68.4 Å². The zero-order valence-corrected chi connectivity index (χ0v) is 25.7. The fourth-order valence-corrected chi connectivity index (χ4v) is 4.93. The van der Waals surface area contributed by atoms with Crippen LogP contribution in [0.2, 0.25) is 0 Å². The Hall–Kier alpha value is -4.45. The van der Waals surface area contributed by atoms with Crippen molar-refractivity contribution in [3.63, 3.8) is 0 Å². The van der Waals surface area contributed by atoms with Crippen molar-refractivity contribution in [2.75, 3.05) is 13.2 Å². The number of carbonyl (C=O) groups excluding carboxylic acids is 2. The molecule has 0 bridgehead atoms. The van der Waals surface area contributed by atoms with E-state index >= 15 is 0 Å². The molecule has 1 aliphatic rings. The molecule has 0 unspecified atom stereocenters. The van der Waals surface area contributed by atoms with Gasteiger partial charge >= 0.3 is 12.1 Å². The van der Waals surface area contributed by atoms with Crippen LogP contribution in [-0.4, -0.2) is 47.2 Å². The van der Waals surface area contributed by atoms with Gasteiger partial charge in [-0.3, -0.25) is 9.59 Å². The van der Waals surface area contributed by atoms with Crippen LogP contribution in [0.25, 0.3) is 0 Å². The number of benzene rings is 3. The Morgan fingerprint density at radius 1 is 1.02 bits per heavy atom. The molecule has 0 aromatic heterocycles.